The van der Waals surface area contributed by atoms with Crippen LogP contribution in [0.3, 0.4) is 0 Å². The van der Waals surface area contributed by atoms with E-state index in [1.54, 1.807) is 6.20 Å². The maximum atomic E-state index is 12.6. The second-order valence-electron chi connectivity index (χ2n) is 25.0. The van der Waals surface area contributed by atoms with Crippen LogP contribution in [0.2, 0.25) is 0 Å². The first kappa shape index (κ1) is 68.6. The van der Waals surface area contributed by atoms with Crippen molar-refractivity contribution in [2.75, 3.05) is 13.3 Å². The number of hydrogen-bond donors (Lipinski definition) is 0. The number of alkyl halides is 4. The predicted octanol–water partition coefficient (Wildman–Crippen LogP) is 20.5. The molecule has 0 fully saturated rings. The minimum atomic E-state index is -2.28. The topological polar surface area (TPSA) is 180 Å². The van der Waals surface area contributed by atoms with Crippen molar-refractivity contribution in [3.63, 3.8) is 0 Å². The van der Waals surface area contributed by atoms with Gasteiger partial charge >= 0.3 is 0 Å². The van der Waals surface area contributed by atoms with Crippen LogP contribution in [0.15, 0.2) is 234 Å². The Morgan fingerprint density at radius 1 is 0.423 bits per heavy atom. The fourth-order valence-corrected chi connectivity index (χ4v) is 13.8. The van der Waals surface area contributed by atoms with Crippen LogP contribution in [-0.2, 0) is 32.7 Å². The van der Waals surface area contributed by atoms with E-state index in [1.807, 2.05) is 139 Å². The standard InChI is InChI=1S/C18H17F2N.C17H14FN3O.C16H13FN4O.C16H14N4O.C16H14N2/c1-12(2)13-7-8-17-15(11-13)14-5-3-4-6-16(14)21(17)10-9-18(19)20;18-8-3-9-21-15-5-2-1-4-13(15)14-10-12(6-7-16(14)21)17-20-19-11-22-17;17-6-2-8-21-13-5-4-11(16-20-19-10-22-16)9-12(13)15-14(21)3-1-7-18-15;1-2-8-20-13-6-5-11(16-19-18-10-21-16)9-12(13)15-14(20)4-3-7-17-15;1-3-10-18-14-8-7-12(4-2)11-13(14)16-15(18)6-5-9-17-16/h3-8,11,18H,1,9-10H2,2H3;1-2,4-7,10-11H,3,8-9H2;1,3-5,7,9-10H,2,6,8H2;3-7,9-10H,2,8H2,1H3;2,5-9,11H,3,10H2,1H3. The van der Waals surface area contributed by atoms with Gasteiger partial charge in [-0.2, -0.15) is 0 Å². The number of benzene rings is 7. The van der Waals surface area contributed by atoms with E-state index in [2.05, 4.69) is 151 Å². The molecule has 0 N–H and O–H groups in total. The van der Waals surface area contributed by atoms with Crippen molar-refractivity contribution >= 4 is 115 Å². The third-order valence-corrected chi connectivity index (χ3v) is 18.4. The van der Waals surface area contributed by atoms with Gasteiger partial charge in [-0.15, -0.1) is 37.0 Å². The number of halogens is 4. The Balaban J connectivity index is 0.000000110. The maximum absolute atomic E-state index is 12.6. The van der Waals surface area contributed by atoms with Gasteiger partial charge in [0, 0.05) is 140 Å². The fraction of sp³-hybridized carbons (Fsp3) is 0.193. The number of aryl methyl sites for hydroxylation is 5. The molecule has 0 unspecified atom stereocenters. The molecular formula is C83H72F4N14O3. The van der Waals surface area contributed by atoms with E-state index in [-0.39, 0.29) is 19.8 Å². The molecule has 11 heterocycles. The second-order valence-corrected chi connectivity index (χ2v) is 25.0. The normalized spacial score (nSPS) is 11.4. The van der Waals surface area contributed by atoms with Gasteiger partial charge in [0.1, 0.15) is 0 Å². The van der Waals surface area contributed by atoms with Crippen LogP contribution < -0.4 is 0 Å². The van der Waals surface area contributed by atoms with E-state index < -0.39 is 6.43 Å². The highest BCUT2D eigenvalue weighted by Crippen LogP contribution is 2.37. The van der Waals surface area contributed by atoms with Crippen molar-refractivity contribution in [3.05, 3.63) is 231 Å². The van der Waals surface area contributed by atoms with Crippen molar-refractivity contribution in [2.45, 2.75) is 92.0 Å². The number of nitrogens with zero attached hydrogens (tertiary/aromatic N) is 14. The molecule has 0 radical (unpaired) electrons. The molecule has 0 saturated heterocycles. The molecular weight excluding hydrogens is 1320 g/mol. The molecule has 0 aliphatic carbocycles. The summed E-state index contributed by atoms with van der Waals surface area (Å²) < 4.78 is 77.0. The molecule has 21 heteroatoms. The Morgan fingerprint density at radius 3 is 1.20 bits per heavy atom. The fourth-order valence-electron chi connectivity index (χ4n) is 13.8. The van der Waals surface area contributed by atoms with E-state index >= 15 is 0 Å². The molecule has 0 spiro atoms. The third-order valence-electron chi connectivity index (χ3n) is 18.4. The molecule has 520 valence electrons. The van der Waals surface area contributed by atoms with Gasteiger partial charge in [0.05, 0.1) is 63.0 Å². The van der Waals surface area contributed by atoms with Gasteiger partial charge in [-0.05, 0) is 172 Å². The zero-order valence-corrected chi connectivity index (χ0v) is 57.6. The molecule has 7 aromatic carbocycles. The number of hydrogen-bond acceptors (Lipinski definition) is 12. The summed E-state index contributed by atoms with van der Waals surface area (Å²) in [4.78, 5) is 13.5. The highest BCUT2D eigenvalue weighted by molar-refractivity contribution is 6.11. The maximum Gasteiger partial charge on any atom is 0.247 e. The van der Waals surface area contributed by atoms with Crippen LogP contribution in [0.1, 0.15) is 64.0 Å². The molecule has 0 aliphatic heterocycles. The van der Waals surface area contributed by atoms with Gasteiger partial charge in [0.25, 0.3) is 0 Å². The minimum absolute atomic E-state index is 0.129. The Bertz CT molecular complexity index is 5910. The zero-order valence-electron chi connectivity index (χ0n) is 57.6. The lowest BCUT2D eigenvalue weighted by molar-refractivity contribution is 0.132. The Labute approximate surface area is 594 Å². The molecule has 0 aliphatic rings. The van der Waals surface area contributed by atoms with Crippen LogP contribution >= 0.6 is 0 Å². The lowest BCUT2D eigenvalue weighted by atomic mass is 10.1. The summed E-state index contributed by atoms with van der Waals surface area (Å²) in [6.45, 7) is 13.3. The molecule has 104 heavy (non-hydrogen) atoms. The number of terminal acetylenes is 1. The summed E-state index contributed by atoms with van der Waals surface area (Å²) in [5.74, 6) is 4.20. The Morgan fingerprint density at radius 2 is 0.788 bits per heavy atom. The minimum Gasteiger partial charge on any atom is -0.423 e. The highest BCUT2D eigenvalue weighted by atomic mass is 19.3. The molecule has 0 atom stereocenters. The Kier molecular flexibility index (Phi) is 20.5. The van der Waals surface area contributed by atoms with Crippen LogP contribution in [0.25, 0.3) is 149 Å². The van der Waals surface area contributed by atoms with Crippen molar-refractivity contribution in [1.29, 1.82) is 0 Å². The summed E-state index contributed by atoms with van der Waals surface area (Å²) in [6.07, 6.45) is 15.7. The predicted molar refractivity (Wildman–Crippen MR) is 406 cm³/mol. The molecule has 0 bridgehead atoms. The van der Waals surface area contributed by atoms with Gasteiger partial charge in [-0.25, -0.2) is 8.78 Å². The number of para-hydroxylation sites is 2. The van der Waals surface area contributed by atoms with Gasteiger partial charge in [-0.1, -0.05) is 74.4 Å². The van der Waals surface area contributed by atoms with E-state index in [0.717, 1.165) is 152 Å². The molecule has 11 aromatic heterocycles. The van der Waals surface area contributed by atoms with E-state index in [4.69, 9.17) is 19.7 Å². The smallest absolute Gasteiger partial charge is 0.247 e. The van der Waals surface area contributed by atoms with Gasteiger partial charge < -0.3 is 36.1 Å². The third kappa shape index (κ3) is 13.8. The molecule has 0 amide bonds. The van der Waals surface area contributed by atoms with Crippen molar-refractivity contribution in [3.8, 4) is 46.7 Å². The SMILES string of the molecule is C#Cc1ccc2c(c1)c1ncccc1n2CCC.C=C(C)c1ccc2c(c1)c1ccccc1n2CCC(F)F.CCCn1c2ccc(-c3nnco3)cc2c2ncccc21.FCCCn1c2ccc(-c3nnco3)cc2c2ncccc21.FCCCn1c2ccccc2c2cc(-c3nnco3)ccc21. The largest absolute Gasteiger partial charge is 0.423 e. The van der Waals surface area contributed by atoms with Crippen molar-refractivity contribution in [2.24, 2.45) is 0 Å². The molecule has 0 saturated carbocycles. The lowest BCUT2D eigenvalue weighted by Gasteiger charge is -2.07. The van der Waals surface area contributed by atoms with Crippen LogP contribution in [0, 0.1) is 12.3 Å². The van der Waals surface area contributed by atoms with Crippen molar-refractivity contribution < 1.29 is 30.8 Å². The first-order valence-corrected chi connectivity index (χ1v) is 34.5. The summed E-state index contributed by atoms with van der Waals surface area (Å²) in [5.41, 5.74) is 19.6. The zero-order chi connectivity index (χ0) is 71.6. The second kappa shape index (κ2) is 31.1. The van der Waals surface area contributed by atoms with Crippen LogP contribution in [0.5, 0.6) is 0 Å². The van der Waals surface area contributed by atoms with Gasteiger partial charge in [-0.3, -0.25) is 23.7 Å². The van der Waals surface area contributed by atoms with E-state index in [1.165, 1.54) is 35.7 Å². The molecule has 18 aromatic rings. The van der Waals surface area contributed by atoms with Crippen LogP contribution in [-0.4, -0.2) is 88.2 Å². The van der Waals surface area contributed by atoms with Gasteiger partial charge in [0.15, 0.2) is 0 Å². The van der Waals surface area contributed by atoms with E-state index in [9.17, 15) is 17.6 Å². The molecule has 18 rings (SSSR count). The molecule has 17 nitrogen and oxygen atoms in total. The lowest BCUT2D eigenvalue weighted by Crippen LogP contribution is -2.02. The van der Waals surface area contributed by atoms with Crippen molar-refractivity contribution in [1.82, 2.24) is 68.4 Å². The number of fused-ring (bicyclic) bond motifs is 15. The summed E-state index contributed by atoms with van der Waals surface area (Å²) in [5, 5.41) is 30.8. The number of allylic oxidation sites excluding steroid dienone is 1. The average molecular weight is 1390 g/mol. The van der Waals surface area contributed by atoms with Crippen LogP contribution in [0.4, 0.5) is 17.6 Å². The van der Waals surface area contributed by atoms with Gasteiger partial charge in [0.2, 0.25) is 43.3 Å². The first-order chi connectivity index (χ1) is 51.1. The average Bonchev–Trinajstić information content (AvgIpc) is 1.63. The summed E-state index contributed by atoms with van der Waals surface area (Å²) in [6, 6.07) is 58.6. The number of rotatable bonds is 17. The highest BCUT2D eigenvalue weighted by Gasteiger charge is 2.19. The Hall–Kier alpha value is -12.6. The summed E-state index contributed by atoms with van der Waals surface area (Å²) >= 11 is 0. The quantitative estimate of drug-likeness (QED) is 0.0623. The number of pyridine rings is 3. The first-order valence-electron chi connectivity index (χ1n) is 34.5. The number of aromatic nitrogens is 14. The van der Waals surface area contributed by atoms with E-state index in [0.29, 0.717) is 50.1 Å². The summed E-state index contributed by atoms with van der Waals surface area (Å²) in [7, 11) is 0. The monoisotopic (exact) mass is 1390 g/mol.